The molecule has 0 amide bonds. The quantitative estimate of drug-likeness (QED) is 0.359. The maximum atomic E-state index is 12.3. The van der Waals surface area contributed by atoms with Gasteiger partial charge < -0.3 is 14.6 Å². The SMILES string of the molecule is C=C1C(=O)O[C@@H]2/C=C(\C)CC/C=C(/C=O)[C@@H](O)[C@@H](OC(=O)/C(C)=C\C)[C@@H]12. The average Bonchev–Trinajstić information content (AvgIpc) is 2.88. The first-order valence-corrected chi connectivity index (χ1v) is 8.54. The molecule has 1 saturated heterocycles. The van der Waals surface area contributed by atoms with E-state index in [1.54, 1.807) is 32.1 Å². The second-order valence-corrected chi connectivity index (χ2v) is 6.58. The summed E-state index contributed by atoms with van der Waals surface area (Å²) >= 11 is 0. The molecular formula is C20H24O6. The van der Waals surface area contributed by atoms with Crippen LogP contribution in [-0.2, 0) is 23.9 Å². The van der Waals surface area contributed by atoms with Crippen molar-refractivity contribution < 1.29 is 29.0 Å². The summed E-state index contributed by atoms with van der Waals surface area (Å²) in [5.41, 5.74) is 1.54. The number of fused-ring (bicyclic) bond motifs is 1. The number of aliphatic hydroxyl groups is 1. The highest BCUT2D eigenvalue weighted by molar-refractivity contribution is 5.92. The lowest BCUT2D eigenvalue weighted by atomic mass is 9.84. The summed E-state index contributed by atoms with van der Waals surface area (Å²) in [6, 6.07) is 0. The van der Waals surface area contributed by atoms with E-state index in [0.717, 1.165) is 5.57 Å². The monoisotopic (exact) mass is 360 g/mol. The largest absolute Gasteiger partial charge is 0.455 e. The van der Waals surface area contributed by atoms with Crippen molar-refractivity contribution in [1.82, 2.24) is 0 Å². The maximum Gasteiger partial charge on any atom is 0.334 e. The van der Waals surface area contributed by atoms with E-state index < -0.39 is 36.2 Å². The van der Waals surface area contributed by atoms with Gasteiger partial charge >= 0.3 is 11.9 Å². The minimum atomic E-state index is -1.38. The fraction of sp³-hybridized carbons (Fsp3) is 0.450. The molecule has 0 bridgehead atoms. The zero-order chi connectivity index (χ0) is 19.4. The standard InChI is InChI=1S/C20H24O6/c1-5-12(3)19(23)26-18-16-13(4)20(24)25-15(16)9-11(2)7-6-8-14(10-21)17(18)22/h5,8-10,15-18,22H,4,6-7H2,1-3H3/b11-9+,12-5-,14-8-/t15-,16+,17-,18+/m1/s1. The Bertz CT molecular complexity index is 712. The highest BCUT2D eigenvalue weighted by Gasteiger charge is 2.47. The molecule has 140 valence electrons. The third-order valence-electron chi connectivity index (χ3n) is 4.77. The van der Waals surface area contributed by atoms with Crippen LogP contribution in [0.4, 0.5) is 0 Å². The number of carbonyl (C=O) groups is 3. The van der Waals surface area contributed by atoms with E-state index in [2.05, 4.69) is 6.58 Å². The summed E-state index contributed by atoms with van der Waals surface area (Å²) in [6.45, 7) is 8.91. The van der Waals surface area contributed by atoms with Gasteiger partial charge in [0.2, 0.25) is 0 Å². The second kappa shape index (κ2) is 8.27. The van der Waals surface area contributed by atoms with Crippen molar-refractivity contribution in [3.8, 4) is 0 Å². The van der Waals surface area contributed by atoms with Gasteiger partial charge in [0, 0.05) is 16.7 Å². The average molecular weight is 360 g/mol. The normalized spacial score (nSPS) is 33.9. The molecule has 0 radical (unpaired) electrons. The van der Waals surface area contributed by atoms with Gasteiger partial charge in [-0.05, 0) is 39.7 Å². The highest BCUT2D eigenvalue weighted by Crippen LogP contribution is 2.36. The zero-order valence-corrected chi connectivity index (χ0v) is 15.2. The number of allylic oxidation sites excluding steroid dienone is 3. The number of carbonyl (C=O) groups excluding carboxylic acids is 3. The minimum Gasteiger partial charge on any atom is -0.455 e. The zero-order valence-electron chi connectivity index (χ0n) is 15.2. The number of hydrogen-bond acceptors (Lipinski definition) is 6. The molecule has 26 heavy (non-hydrogen) atoms. The Morgan fingerprint density at radius 2 is 2.15 bits per heavy atom. The number of aliphatic hydroxyl groups excluding tert-OH is 1. The van der Waals surface area contributed by atoms with E-state index in [9.17, 15) is 19.5 Å². The van der Waals surface area contributed by atoms with Crippen LogP contribution in [0.15, 0.2) is 47.1 Å². The van der Waals surface area contributed by atoms with Crippen LogP contribution in [0.2, 0.25) is 0 Å². The van der Waals surface area contributed by atoms with Crippen LogP contribution < -0.4 is 0 Å². The van der Waals surface area contributed by atoms with Gasteiger partial charge in [0.1, 0.15) is 24.6 Å². The van der Waals surface area contributed by atoms with E-state index in [-0.39, 0.29) is 11.1 Å². The summed E-state index contributed by atoms with van der Waals surface area (Å²) in [4.78, 5) is 35.8. The Balaban J connectivity index is 2.52. The third kappa shape index (κ3) is 4.02. The molecule has 0 aromatic rings. The van der Waals surface area contributed by atoms with Crippen LogP contribution in [0, 0.1) is 5.92 Å². The summed E-state index contributed by atoms with van der Waals surface area (Å²) in [7, 11) is 0. The third-order valence-corrected chi connectivity index (χ3v) is 4.77. The van der Waals surface area contributed by atoms with Crippen LogP contribution >= 0.6 is 0 Å². The molecule has 1 fully saturated rings. The molecule has 2 aliphatic rings. The van der Waals surface area contributed by atoms with E-state index in [0.29, 0.717) is 24.7 Å². The first-order chi connectivity index (χ1) is 12.3. The predicted molar refractivity (Wildman–Crippen MR) is 95.0 cm³/mol. The molecule has 1 heterocycles. The molecule has 1 aliphatic carbocycles. The number of ether oxygens (including phenoxy) is 2. The molecular weight excluding hydrogens is 336 g/mol. The van der Waals surface area contributed by atoms with Crippen LogP contribution in [0.5, 0.6) is 0 Å². The van der Waals surface area contributed by atoms with Crippen molar-refractivity contribution in [3.05, 3.63) is 47.1 Å². The van der Waals surface area contributed by atoms with Gasteiger partial charge in [-0.1, -0.05) is 24.3 Å². The minimum absolute atomic E-state index is 0.111. The molecule has 2 rings (SSSR count). The number of hydrogen-bond donors (Lipinski definition) is 1. The Kier molecular flexibility index (Phi) is 6.32. The maximum absolute atomic E-state index is 12.3. The fourth-order valence-electron chi connectivity index (χ4n) is 3.06. The van der Waals surface area contributed by atoms with E-state index in [1.807, 2.05) is 6.92 Å². The fourth-order valence-corrected chi connectivity index (χ4v) is 3.06. The molecule has 0 spiro atoms. The summed E-state index contributed by atoms with van der Waals surface area (Å²) in [5, 5.41) is 10.7. The van der Waals surface area contributed by atoms with Crippen molar-refractivity contribution in [2.75, 3.05) is 0 Å². The van der Waals surface area contributed by atoms with Gasteiger partial charge in [-0.3, -0.25) is 4.79 Å². The highest BCUT2D eigenvalue weighted by atomic mass is 16.6. The van der Waals surface area contributed by atoms with Gasteiger partial charge in [-0.15, -0.1) is 0 Å². The summed E-state index contributed by atoms with van der Waals surface area (Å²) in [6.07, 6.45) is 3.47. The lowest BCUT2D eigenvalue weighted by Crippen LogP contribution is -2.43. The van der Waals surface area contributed by atoms with Crippen LogP contribution in [-0.4, -0.2) is 41.6 Å². The Labute approximate surface area is 152 Å². The number of rotatable bonds is 3. The van der Waals surface area contributed by atoms with E-state index >= 15 is 0 Å². The topological polar surface area (TPSA) is 89.9 Å². The molecule has 0 aromatic carbocycles. The molecule has 6 heteroatoms. The predicted octanol–water partition coefficient (Wildman–Crippen LogP) is 2.19. The molecule has 1 N–H and O–H groups in total. The lowest BCUT2D eigenvalue weighted by Gasteiger charge is -2.30. The number of aldehydes is 1. The number of esters is 2. The molecule has 1 aliphatic heterocycles. The van der Waals surface area contributed by atoms with Crippen molar-refractivity contribution in [3.63, 3.8) is 0 Å². The molecule has 0 unspecified atom stereocenters. The first kappa shape index (κ1) is 19.8. The van der Waals surface area contributed by atoms with Gasteiger partial charge in [-0.2, -0.15) is 0 Å². The van der Waals surface area contributed by atoms with Crippen LogP contribution in [0.3, 0.4) is 0 Å². The van der Waals surface area contributed by atoms with Crippen LogP contribution in [0.25, 0.3) is 0 Å². The molecule has 6 nitrogen and oxygen atoms in total. The van der Waals surface area contributed by atoms with Crippen molar-refractivity contribution in [1.29, 1.82) is 0 Å². The van der Waals surface area contributed by atoms with Gasteiger partial charge in [0.05, 0.1) is 5.92 Å². The van der Waals surface area contributed by atoms with Gasteiger partial charge in [-0.25, -0.2) is 9.59 Å². The van der Waals surface area contributed by atoms with Crippen LogP contribution in [0.1, 0.15) is 33.6 Å². The smallest absolute Gasteiger partial charge is 0.334 e. The Hall–Kier alpha value is -2.47. The van der Waals surface area contributed by atoms with E-state index in [1.165, 1.54) is 0 Å². The van der Waals surface area contributed by atoms with Crippen molar-refractivity contribution in [2.45, 2.75) is 51.9 Å². The Morgan fingerprint density at radius 1 is 1.46 bits per heavy atom. The first-order valence-electron chi connectivity index (χ1n) is 8.54. The van der Waals surface area contributed by atoms with Crippen molar-refractivity contribution in [2.24, 2.45) is 5.92 Å². The second-order valence-electron chi connectivity index (χ2n) is 6.58. The molecule has 0 aromatic heterocycles. The van der Waals surface area contributed by atoms with Crippen molar-refractivity contribution >= 4 is 18.2 Å². The van der Waals surface area contributed by atoms with Gasteiger partial charge in [0.25, 0.3) is 0 Å². The summed E-state index contributed by atoms with van der Waals surface area (Å²) in [5.74, 6) is -2.01. The lowest BCUT2D eigenvalue weighted by molar-refractivity contribution is -0.153. The molecule has 0 saturated carbocycles. The van der Waals surface area contributed by atoms with Gasteiger partial charge in [0.15, 0.2) is 0 Å². The molecule has 4 atom stereocenters. The Morgan fingerprint density at radius 3 is 2.77 bits per heavy atom. The summed E-state index contributed by atoms with van der Waals surface area (Å²) < 4.78 is 10.9. The van der Waals surface area contributed by atoms with E-state index in [4.69, 9.17) is 9.47 Å².